The van der Waals surface area contributed by atoms with E-state index in [9.17, 15) is 18.0 Å². The van der Waals surface area contributed by atoms with Crippen molar-refractivity contribution in [1.82, 2.24) is 0 Å². The number of ether oxygens (including phenoxy) is 2. The fourth-order valence-corrected chi connectivity index (χ4v) is 2.59. The van der Waals surface area contributed by atoms with E-state index in [1.165, 1.54) is 19.3 Å². The summed E-state index contributed by atoms with van der Waals surface area (Å²) >= 11 is 0. The van der Waals surface area contributed by atoms with Gasteiger partial charge in [0.05, 0.1) is 18.8 Å². The maximum Gasteiger partial charge on any atom is 0.416 e. The molecule has 0 saturated heterocycles. The van der Waals surface area contributed by atoms with Crippen molar-refractivity contribution in [1.29, 1.82) is 0 Å². The van der Waals surface area contributed by atoms with E-state index in [0.717, 1.165) is 12.1 Å². The van der Waals surface area contributed by atoms with Crippen LogP contribution in [0.3, 0.4) is 0 Å². The van der Waals surface area contributed by atoms with Crippen LogP contribution in [0.25, 0.3) is 0 Å². The molecule has 0 aliphatic carbocycles. The molecule has 1 unspecified atom stereocenters. The van der Waals surface area contributed by atoms with Gasteiger partial charge < -0.3 is 9.47 Å². The van der Waals surface area contributed by atoms with Crippen LogP contribution in [0, 0.1) is 5.92 Å². The number of alkyl halides is 3. The van der Waals surface area contributed by atoms with Gasteiger partial charge in [-0.3, -0.25) is 4.99 Å². The van der Waals surface area contributed by atoms with E-state index in [1.807, 2.05) is 0 Å². The second kappa shape index (κ2) is 9.52. The third-order valence-corrected chi connectivity index (χ3v) is 3.94. The summed E-state index contributed by atoms with van der Waals surface area (Å²) in [7, 11) is 1.31. The molecule has 1 atom stereocenters. The molecule has 1 aliphatic rings. The van der Waals surface area contributed by atoms with Crippen molar-refractivity contribution in [3.8, 4) is 5.75 Å². The van der Waals surface area contributed by atoms with Crippen molar-refractivity contribution in [2.45, 2.75) is 39.0 Å². The van der Waals surface area contributed by atoms with E-state index in [4.69, 9.17) is 9.47 Å². The Morgan fingerprint density at radius 3 is 2.71 bits per heavy atom. The molecule has 0 saturated carbocycles. The van der Waals surface area contributed by atoms with Crippen LogP contribution in [0.4, 0.5) is 13.2 Å². The topological polar surface area (TPSA) is 60.2 Å². The molecule has 0 bridgehead atoms. The highest BCUT2D eigenvalue weighted by Gasteiger charge is 2.32. The molecule has 1 aromatic carbocycles. The average Bonchev–Trinajstić information content (AvgIpc) is 2.85. The molecular weight excluding hydrogens is 373 g/mol. The first-order valence-electron chi connectivity index (χ1n) is 8.91. The number of amidine groups is 1. The molecule has 1 aliphatic heterocycles. The summed E-state index contributed by atoms with van der Waals surface area (Å²) in [4.78, 5) is 20.1. The van der Waals surface area contributed by atoms with Gasteiger partial charge in [-0.1, -0.05) is 6.08 Å². The van der Waals surface area contributed by atoms with Crippen molar-refractivity contribution in [2.75, 3.05) is 13.7 Å². The number of rotatable bonds is 6. The molecule has 8 heteroatoms. The van der Waals surface area contributed by atoms with Crippen LogP contribution in [0.1, 0.15) is 37.8 Å². The fourth-order valence-electron chi connectivity index (χ4n) is 2.59. The van der Waals surface area contributed by atoms with Gasteiger partial charge in [0.25, 0.3) is 0 Å². The number of hydrogen-bond acceptors (Lipinski definition) is 5. The maximum absolute atomic E-state index is 13.1. The predicted molar refractivity (Wildman–Crippen MR) is 101 cm³/mol. The lowest BCUT2D eigenvalue weighted by molar-refractivity contribution is -0.141. The minimum atomic E-state index is -4.49. The number of benzene rings is 1. The number of allylic oxidation sites excluding steroid dienone is 1. The van der Waals surface area contributed by atoms with Crippen LogP contribution in [0.5, 0.6) is 5.75 Å². The normalized spacial score (nSPS) is 17.5. The van der Waals surface area contributed by atoms with Crippen molar-refractivity contribution in [3.63, 3.8) is 0 Å². The first-order chi connectivity index (χ1) is 13.2. The fraction of sp³-hybridized carbons (Fsp3) is 0.450. The number of carbonyl (C=O) groups is 1. The highest BCUT2D eigenvalue weighted by molar-refractivity contribution is 6.04. The van der Waals surface area contributed by atoms with Gasteiger partial charge in [0.1, 0.15) is 5.75 Å². The number of halogens is 3. The van der Waals surface area contributed by atoms with Crippen LogP contribution in [0.2, 0.25) is 0 Å². The number of esters is 1. The Hall–Kier alpha value is -2.64. The molecule has 0 aromatic heterocycles. The summed E-state index contributed by atoms with van der Waals surface area (Å²) in [6, 6.07) is 3.43. The largest absolute Gasteiger partial charge is 0.497 e. The Balaban J connectivity index is 2.11. The molecular formula is C20H23F3N2O3. The van der Waals surface area contributed by atoms with Gasteiger partial charge >= 0.3 is 12.1 Å². The van der Waals surface area contributed by atoms with Gasteiger partial charge in [-0.05, 0) is 50.8 Å². The number of hydrogen-bond donors (Lipinski definition) is 0. The van der Waals surface area contributed by atoms with Crippen LogP contribution >= 0.6 is 0 Å². The van der Waals surface area contributed by atoms with Crippen LogP contribution < -0.4 is 4.74 Å². The number of methoxy groups -OCH3 is 1. The third-order valence-electron chi connectivity index (χ3n) is 3.94. The highest BCUT2D eigenvalue weighted by Crippen LogP contribution is 2.33. The summed E-state index contributed by atoms with van der Waals surface area (Å²) in [5.74, 6) is -0.0594. The first kappa shape index (κ1) is 21.7. The molecule has 28 heavy (non-hydrogen) atoms. The maximum atomic E-state index is 13.1. The Bertz CT molecular complexity index is 783. The molecule has 0 spiro atoms. The van der Waals surface area contributed by atoms with Crippen molar-refractivity contribution in [3.05, 3.63) is 41.5 Å². The molecule has 0 N–H and O–H groups in total. The van der Waals surface area contributed by atoms with E-state index in [-0.39, 0.29) is 29.2 Å². The Labute approximate surface area is 162 Å². The molecule has 0 fully saturated rings. The number of carbonyl (C=O) groups excluding carboxylic acids is 1. The second-order valence-corrected chi connectivity index (χ2v) is 6.60. The lowest BCUT2D eigenvalue weighted by atomic mass is 10.0. The van der Waals surface area contributed by atoms with E-state index in [2.05, 4.69) is 9.98 Å². The minimum Gasteiger partial charge on any atom is -0.497 e. The Morgan fingerprint density at radius 1 is 1.32 bits per heavy atom. The van der Waals surface area contributed by atoms with Gasteiger partial charge in [-0.2, -0.15) is 13.2 Å². The average molecular weight is 396 g/mol. The van der Waals surface area contributed by atoms with E-state index in [0.29, 0.717) is 19.4 Å². The quantitative estimate of drug-likeness (QED) is 0.527. The molecule has 0 amide bonds. The second-order valence-electron chi connectivity index (χ2n) is 6.60. The zero-order valence-electron chi connectivity index (χ0n) is 16.0. The summed E-state index contributed by atoms with van der Waals surface area (Å²) in [5, 5.41) is 0. The van der Waals surface area contributed by atoms with Gasteiger partial charge in [-0.15, -0.1) is 0 Å². The SMILES string of the molecule is COc1cc(C2=NCCC(C/C=C\C(=O)OC(C)C)C=N2)cc(C(F)(F)F)c1. The predicted octanol–water partition coefficient (Wildman–Crippen LogP) is 4.45. The standard InChI is InChI=1S/C20H23F3N2O3/c1-13(2)28-18(26)6-4-5-14-7-8-24-19(25-12-14)15-9-16(20(21,22)23)11-17(10-15)27-3/h4,6,9-14H,5,7-8H2,1-3H3/b6-4-. The molecule has 1 aromatic rings. The molecule has 152 valence electrons. The lowest BCUT2D eigenvalue weighted by Crippen LogP contribution is -2.09. The van der Waals surface area contributed by atoms with E-state index in [1.54, 1.807) is 26.1 Å². The number of nitrogens with zero attached hydrogens (tertiary/aromatic N) is 2. The molecule has 5 nitrogen and oxygen atoms in total. The van der Waals surface area contributed by atoms with Crippen LogP contribution in [-0.4, -0.2) is 37.8 Å². The zero-order chi connectivity index (χ0) is 20.7. The summed E-state index contributed by atoms with van der Waals surface area (Å²) in [6.07, 6.45) is 1.31. The van der Waals surface area contributed by atoms with Crippen LogP contribution in [-0.2, 0) is 15.7 Å². The van der Waals surface area contributed by atoms with Crippen molar-refractivity contribution in [2.24, 2.45) is 15.9 Å². The zero-order valence-corrected chi connectivity index (χ0v) is 16.0. The number of aliphatic imine (C=N–C) groups is 2. The van der Waals surface area contributed by atoms with E-state index < -0.39 is 17.7 Å². The van der Waals surface area contributed by atoms with Crippen molar-refractivity contribution < 1.29 is 27.4 Å². The third kappa shape index (κ3) is 6.51. The molecule has 0 radical (unpaired) electrons. The summed E-state index contributed by atoms with van der Waals surface area (Å²) in [5.41, 5.74) is -0.563. The van der Waals surface area contributed by atoms with Crippen LogP contribution in [0.15, 0.2) is 40.3 Å². The van der Waals surface area contributed by atoms with Gasteiger partial charge in [0, 0.05) is 24.4 Å². The lowest BCUT2D eigenvalue weighted by Gasteiger charge is -2.11. The summed E-state index contributed by atoms with van der Waals surface area (Å²) < 4.78 is 49.3. The van der Waals surface area contributed by atoms with Gasteiger partial charge in [0.2, 0.25) is 0 Å². The Kier molecular flexibility index (Phi) is 7.37. The Morgan fingerprint density at radius 2 is 2.07 bits per heavy atom. The monoisotopic (exact) mass is 396 g/mol. The minimum absolute atomic E-state index is 0.0250. The van der Waals surface area contributed by atoms with Crippen molar-refractivity contribution >= 4 is 18.0 Å². The molecule has 1 heterocycles. The smallest absolute Gasteiger partial charge is 0.416 e. The molecule has 2 rings (SSSR count). The summed E-state index contributed by atoms with van der Waals surface area (Å²) in [6.45, 7) is 3.96. The van der Waals surface area contributed by atoms with Gasteiger partial charge in [0.15, 0.2) is 5.84 Å². The van der Waals surface area contributed by atoms with Gasteiger partial charge in [-0.25, -0.2) is 9.79 Å². The highest BCUT2D eigenvalue weighted by atomic mass is 19.4. The van der Waals surface area contributed by atoms with E-state index >= 15 is 0 Å². The first-order valence-corrected chi connectivity index (χ1v) is 8.91.